The first kappa shape index (κ1) is 22.7. The van der Waals surface area contributed by atoms with Crippen molar-refractivity contribution in [3.8, 4) is 0 Å². The first-order chi connectivity index (χ1) is 17.4. The Hall–Kier alpha value is -3.74. The second kappa shape index (κ2) is 9.04. The van der Waals surface area contributed by atoms with Crippen LogP contribution in [0.15, 0.2) is 72.8 Å². The number of fused-ring (bicyclic) bond motifs is 3. The van der Waals surface area contributed by atoms with Crippen molar-refractivity contribution in [3.63, 3.8) is 0 Å². The molecular formula is C30H26O6. The van der Waals surface area contributed by atoms with Gasteiger partial charge in [0, 0.05) is 0 Å². The number of esters is 2. The molecule has 0 saturated carbocycles. The lowest BCUT2D eigenvalue weighted by molar-refractivity contribution is -0.0287. The van der Waals surface area contributed by atoms with Crippen LogP contribution in [0.3, 0.4) is 0 Å². The van der Waals surface area contributed by atoms with Gasteiger partial charge in [-0.05, 0) is 59.7 Å². The van der Waals surface area contributed by atoms with Crippen molar-refractivity contribution in [3.05, 3.63) is 95.1 Å². The summed E-state index contributed by atoms with van der Waals surface area (Å²) in [5.74, 6) is -0.857. The molecule has 4 aromatic carbocycles. The number of ether oxygens (including phenoxy) is 4. The van der Waals surface area contributed by atoms with E-state index in [-0.39, 0.29) is 13.2 Å². The molecule has 6 nitrogen and oxygen atoms in total. The molecule has 6 rings (SSSR count). The number of carbonyl (C=O) groups is 2. The van der Waals surface area contributed by atoms with Crippen LogP contribution in [0, 0.1) is 13.8 Å². The monoisotopic (exact) mass is 482 g/mol. The molecule has 0 unspecified atom stereocenters. The van der Waals surface area contributed by atoms with Crippen LogP contribution in [0.4, 0.5) is 0 Å². The minimum absolute atomic E-state index is 0.192. The molecule has 0 aliphatic carbocycles. The van der Waals surface area contributed by atoms with E-state index in [4.69, 9.17) is 18.9 Å². The largest absolute Gasteiger partial charge is 0.453 e. The average Bonchev–Trinajstić information content (AvgIpc) is 3.46. The maximum atomic E-state index is 12.9. The number of rotatable bonds is 4. The van der Waals surface area contributed by atoms with Gasteiger partial charge in [-0.2, -0.15) is 0 Å². The summed E-state index contributed by atoms with van der Waals surface area (Å²) in [4.78, 5) is 25.7. The smallest absolute Gasteiger partial charge is 0.338 e. The Morgan fingerprint density at radius 3 is 1.44 bits per heavy atom. The van der Waals surface area contributed by atoms with E-state index in [0.717, 1.165) is 32.7 Å². The molecule has 4 atom stereocenters. The second-order valence-electron chi connectivity index (χ2n) is 9.61. The van der Waals surface area contributed by atoms with Crippen LogP contribution < -0.4 is 0 Å². The molecule has 4 aromatic rings. The van der Waals surface area contributed by atoms with E-state index in [2.05, 4.69) is 12.1 Å². The number of carbonyl (C=O) groups excluding carboxylic acids is 2. The van der Waals surface area contributed by atoms with Crippen molar-refractivity contribution in [2.45, 2.75) is 38.3 Å². The van der Waals surface area contributed by atoms with E-state index in [1.54, 1.807) is 12.1 Å². The molecule has 0 amide bonds. The Balaban J connectivity index is 1.11. The van der Waals surface area contributed by atoms with E-state index < -0.39 is 36.4 Å². The molecule has 6 heteroatoms. The van der Waals surface area contributed by atoms with Crippen molar-refractivity contribution in [2.75, 3.05) is 13.2 Å². The van der Waals surface area contributed by atoms with E-state index in [1.165, 1.54) is 0 Å². The Kier molecular flexibility index (Phi) is 5.70. The van der Waals surface area contributed by atoms with Crippen LogP contribution in [0.2, 0.25) is 0 Å². The molecule has 2 heterocycles. The first-order valence-corrected chi connectivity index (χ1v) is 12.1. The van der Waals surface area contributed by atoms with E-state index >= 15 is 0 Å². The maximum Gasteiger partial charge on any atom is 0.338 e. The van der Waals surface area contributed by atoms with Crippen molar-refractivity contribution in [2.24, 2.45) is 0 Å². The van der Waals surface area contributed by atoms with Gasteiger partial charge in [-0.15, -0.1) is 0 Å². The third kappa shape index (κ3) is 4.23. The second-order valence-corrected chi connectivity index (χ2v) is 9.61. The van der Waals surface area contributed by atoms with Crippen molar-refractivity contribution in [1.82, 2.24) is 0 Å². The number of hydrogen-bond acceptors (Lipinski definition) is 6. The Labute approximate surface area is 208 Å². The van der Waals surface area contributed by atoms with Crippen LogP contribution in [0.25, 0.3) is 21.5 Å². The van der Waals surface area contributed by atoms with Crippen molar-refractivity contribution in [1.29, 1.82) is 0 Å². The first-order valence-electron chi connectivity index (χ1n) is 12.1. The molecule has 36 heavy (non-hydrogen) atoms. The van der Waals surface area contributed by atoms with Crippen LogP contribution in [-0.4, -0.2) is 49.6 Å². The van der Waals surface area contributed by atoms with Gasteiger partial charge in [0.2, 0.25) is 0 Å². The van der Waals surface area contributed by atoms with Gasteiger partial charge >= 0.3 is 11.9 Å². The molecule has 2 fully saturated rings. The third-order valence-electron chi connectivity index (χ3n) is 6.94. The number of benzene rings is 4. The molecule has 2 saturated heterocycles. The summed E-state index contributed by atoms with van der Waals surface area (Å²) in [6.07, 6.45) is -2.09. The van der Waals surface area contributed by atoms with Gasteiger partial charge in [0.25, 0.3) is 0 Å². The Morgan fingerprint density at radius 1 is 0.611 bits per heavy atom. The summed E-state index contributed by atoms with van der Waals surface area (Å²) in [5.41, 5.74) is 3.28. The maximum absolute atomic E-state index is 12.9. The molecule has 2 aliphatic heterocycles. The summed E-state index contributed by atoms with van der Waals surface area (Å²) >= 11 is 0. The summed E-state index contributed by atoms with van der Waals surface area (Å²) in [6.45, 7) is 4.45. The standard InChI is InChI=1S/C30H26O6/c1-17-3-5-21-13-23(9-7-19(21)11-17)29(31)35-25-15-33-28-26(16-34-27(25)28)36-30(32)24-10-8-20-12-18(2)4-6-22(20)14-24/h3-14,25-28H,15-16H2,1-2H3/t25-,26-,27-,28-/m1/s1. The van der Waals surface area contributed by atoms with Gasteiger partial charge in [-0.1, -0.05) is 59.7 Å². The van der Waals surface area contributed by atoms with Gasteiger partial charge < -0.3 is 18.9 Å². The predicted octanol–water partition coefficient (Wildman–Crippen LogP) is 5.16. The van der Waals surface area contributed by atoms with Gasteiger partial charge in [-0.25, -0.2) is 9.59 Å². The Bertz CT molecular complexity index is 1380. The summed E-state index contributed by atoms with van der Waals surface area (Å²) in [6, 6.07) is 23.2. The summed E-state index contributed by atoms with van der Waals surface area (Å²) in [7, 11) is 0. The predicted molar refractivity (Wildman–Crippen MR) is 135 cm³/mol. The molecule has 0 spiro atoms. The van der Waals surface area contributed by atoms with Crippen molar-refractivity contribution >= 4 is 33.5 Å². The lowest BCUT2D eigenvalue weighted by atomic mass is 10.0. The molecule has 2 aliphatic rings. The fraction of sp³-hybridized carbons (Fsp3) is 0.267. The molecule has 0 aromatic heterocycles. The fourth-order valence-corrected chi connectivity index (χ4v) is 5.03. The highest BCUT2D eigenvalue weighted by atomic mass is 16.7. The zero-order chi connectivity index (χ0) is 24.8. The number of aryl methyl sites for hydroxylation is 2. The highest BCUT2D eigenvalue weighted by Crippen LogP contribution is 2.32. The lowest BCUT2D eigenvalue weighted by Crippen LogP contribution is -2.36. The lowest BCUT2D eigenvalue weighted by Gasteiger charge is -2.17. The highest BCUT2D eigenvalue weighted by Gasteiger charge is 2.51. The minimum atomic E-state index is -0.566. The molecule has 0 N–H and O–H groups in total. The van der Waals surface area contributed by atoms with E-state index in [9.17, 15) is 9.59 Å². The zero-order valence-corrected chi connectivity index (χ0v) is 20.1. The van der Waals surface area contributed by atoms with Crippen molar-refractivity contribution < 1.29 is 28.5 Å². The van der Waals surface area contributed by atoms with Crippen LogP contribution in [-0.2, 0) is 18.9 Å². The van der Waals surface area contributed by atoms with Gasteiger partial charge in [-0.3, -0.25) is 0 Å². The normalized spacial score (nSPS) is 23.1. The van der Waals surface area contributed by atoms with E-state index in [1.807, 2.05) is 62.4 Å². The molecule has 0 radical (unpaired) electrons. The molecular weight excluding hydrogens is 456 g/mol. The SMILES string of the molecule is Cc1ccc2cc(C(=O)O[C@@H]3CO[C@H]4[C@@H]3OC[C@H]4OC(=O)c3ccc4cc(C)ccc4c3)ccc2c1. The van der Waals surface area contributed by atoms with Gasteiger partial charge in [0.1, 0.15) is 12.2 Å². The van der Waals surface area contributed by atoms with Gasteiger partial charge in [0.15, 0.2) is 12.2 Å². The zero-order valence-electron chi connectivity index (χ0n) is 20.1. The van der Waals surface area contributed by atoms with Gasteiger partial charge in [0.05, 0.1) is 24.3 Å². The number of hydrogen-bond donors (Lipinski definition) is 0. The van der Waals surface area contributed by atoms with Crippen LogP contribution in [0.5, 0.6) is 0 Å². The highest BCUT2D eigenvalue weighted by molar-refractivity contribution is 5.96. The summed E-state index contributed by atoms with van der Waals surface area (Å²) < 4.78 is 23.2. The Morgan fingerprint density at radius 2 is 1.00 bits per heavy atom. The molecule has 0 bridgehead atoms. The molecule has 182 valence electrons. The average molecular weight is 483 g/mol. The van der Waals surface area contributed by atoms with Crippen LogP contribution in [0.1, 0.15) is 31.8 Å². The third-order valence-corrected chi connectivity index (χ3v) is 6.94. The topological polar surface area (TPSA) is 71.1 Å². The van der Waals surface area contributed by atoms with E-state index in [0.29, 0.717) is 11.1 Å². The quantitative estimate of drug-likeness (QED) is 0.374. The van der Waals surface area contributed by atoms with Crippen LogP contribution >= 0.6 is 0 Å². The summed E-state index contributed by atoms with van der Waals surface area (Å²) in [5, 5.41) is 4.09. The minimum Gasteiger partial charge on any atom is -0.453 e. The fourth-order valence-electron chi connectivity index (χ4n) is 5.03.